The Balaban J connectivity index is 2.40. The van der Waals surface area contributed by atoms with Crippen molar-refractivity contribution in [2.24, 2.45) is 5.73 Å². The van der Waals surface area contributed by atoms with Crippen molar-refractivity contribution in [3.63, 3.8) is 0 Å². The van der Waals surface area contributed by atoms with Gasteiger partial charge in [-0.25, -0.2) is 4.79 Å². The number of morpholine rings is 1. The van der Waals surface area contributed by atoms with Gasteiger partial charge in [-0.2, -0.15) is 0 Å². The first-order chi connectivity index (χ1) is 8.49. The quantitative estimate of drug-likeness (QED) is 0.428. The van der Waals surface area contributed by atoms with Gasteiger partial charge in [0, 0.05) is 19.0 Å². The highest BCUT2D eigenvalue weighted by Crippen LogP contribution is 2.00. The SMILES string of the molecule is NC(=O)CC(NC(=O)CC1COCCN1)C(=O)O. The van der Waals surface area contributed by atoms with Gasteiger partial charge in [0.05, 0.1) is 19.6 Å². The summed E-state index contributed by atoms with van der Waals surface area (Å²) in [5, 5.41) is 14.1. The lowest BCUT2D eigenvalue weighted by molar-refractivity contribution is -0.143. The van der Waals surface area contributed by atoms with Gasteiger partial charge in [0.1, 0.15) is 6.04 Å². The van der Waals surface area contributed by atoms with Gasteiger partial charge in [-0.1, -0.05) is 0 Å². The van der Waals surface area contributed by atoms with E-state index in [9.17, 15) is 14.4 Å². The maximum atomic E-state index is 11.6. The highest BCUT2D eigenvalue weighted by molar-refractivity contribution is 5.88. The fourth-order valence-electron chi connectivity index (χ4n) is 1.63. The number of aliphatic carboxylic acids is 1. The minimum atomic E-state index is -1.28. The lowest BCUT2D eigenvalue weighted by atomic mass is 10.1. The van der Waals surface area contributed by atoms with Crippen molar-refractivity contribution in [3.05, 3.63) is 0 Å². The summed E-state index contributed by atoms with van der Waals surface area (Å²) < 4.78 is 5.17. The molecule has 0 aromatic rings. The summed E-state index contributed by atoms with van der Waals surface area (Å²) in [4.78, 5) is 33.0. The second kappa shape index (κ2) is 6.92. The van der Waals surface area contributed by atoms with Crippen LogP contribution in [-0.4, -0.2) is 54.7 Å². The molecule has 8 nitrogen and oxygen atoms in total. The number of hydrogen-bond donors (Lipinski definition) is 4. The van der Waals surface area contributed by atoms with E-state index < -0.39 is 30.2 Å². The lowest BCUT2D eigenvalue weighted by Crippen LogP contribution is -2.48. The second-order valence-electron chi connectivity index (χ2n) is 4.06. The molecule has 2 unspecified atom stereocenters. The monoisotopic (exact) mass is 259 g/mol. The average molecular weight is 259 g/mol. The topological polar surface area (TPSA) is 131 Å². The van der Waals surface area contributed by atoms with Crippen molar-refractivity contribution in [1.29, 1.82) is 0 Å². The third kappa shape index (κ3) is 5.11. The number of hydrogen-bond acceptors (Lipinski definition) is 5. The fraction of sp³-hybridized carbons (Fsp3) is 0.700. The zero-order valence-electron chi connectivity index (χ0n) is 9.85. The number of rotatable bonds is 6. The molecular formula is C10H17N3O5. The first-order valence-corrected chi connectivity index (χ1v) is 5.60. The van der Waals surface area contributed by atoms with Crippen molar-refractivity contribution in [3.8, 4) is 0 Å². The Morgan fingerprint density at radius 1 is 1.50 bits per heavy atom. The van der Waals surface area contributed by atoms with E-state index in [0.29, 0.717) is 19.8 Å². The summed E-state index contributed by atoms with van der Waals surface area (Å²) in [6.45, 7) is 1.65. The Labute approximate surface area is 104 Å². The van der Waals surface area contributed by atoms with E-state index in [0.717, 1.165) is 0 Å². The summed E-state index contributed by atoms with van der Waals surface area (Å²) in [5.41, 5.74) is 4.91. The Morgan fingerprint density at radius 3 is 2.72 bits per heavy atom. The van der Waals surface area contributed by atoms with E-state index in [1.165, 1.54) is 0 Å². The van der Waals surface area contributed by atoms with Crippen molar-refractivity contribution in [1.82, 2.24) is 10.6 Å². The number of carboxylic acids is 1. The summed E-state index contributed by atoms with van der Waals surface area (Å²) in [6.07, 6.45) is -0.321. The molecule has 1 saturated heterocycles. The van der Waals surface area contributed by atoms with Crippen LogP contribution in [0.4, 0.5) is 0 Å². The Kier molecular flexibility index (Phi) is 5.53. The van der Waals surface area contributed by atoms with E-state index in [-0.39, 0.29) is 12.5 Å². The summed E-state index contributed by atoms with van der Waals surface area (Å²) >= 11 is 0. The van der Waals surface area contributed by atoms with Crippen LogP contribution in [0, 0.1) is 0 Å². The van der Waals surface area contributed by atoms with Crippen LogP contribution in [-0.2, 0) is 19.1 Å². The van der Waals surface area contributed by atoms with Gasteiger partial charge in [-0.15, -0.1) is 0 Å². The Morgan fingerprint density at radius 2 is 2.22 bits per heavy atom. The number of nitrogens with one attached hydrogen (secondary N) is 2. The highest BCUT2D eigenvalue weighted by atomic mass is 16.5. The van der Waals surface area contributed by atoms with Crippen molar-refractivity contribution in [2.75, 3.05) is 19.8 Å². The zero-order valence-corrected chi connectivity index (χ0v) is 9.85. The van der Waals surface area contributed by atoms with Crippen LogP contribution in [0.5, 0.6) is 0 Å². The number of amides is 2. The van der Waals surface area contributed by atoms with Gasteiger partial charge in [0.15, 0.2) is 0 Å². The Hall–Kier alpha value is -1.67. The van der Waals surface area contributed by atoms with Gasteiger partial charge in [0.25, 0.3) is 0 Å². The number of ether oxygens (including phenoxy) is 1. The van der Waals surface area contributed by atoms with Crippen LogP contribution in [0.1, 0.15) is 12.8 Å². The van der Waals surface area contributed by atoms with Gasteiger partial charge in [-0.05, 0) is 0 Å². The van der Waals surface area contributed by atoms with Gasteiger partial charge in [-0.3, -0.25) is 9.59 Å². The summed E-state index contributed by atoms with van der Waals surface area (Å²) in [6, 6.07) is -1.42. The maximum Gasteiger partial charge on any atom is 0.326 e. The van der Waals surface area contributed by atoms with Crippen LogP contribution >= 0.6 is 0 Å². The highest BCUT2D eigenvalue weighted by Gasteiger charge is 2.24. The molecule has 102 valence electrons. The molecule has 1 rings (SSSR count). The van der Waals surface area contributed by atoms with Crippen LogP contribution in [0.2, 0.25) is 0 Å². The molecule has 2 atom stereocenters. The van der Waals surface area contributed by atoms with Crippen LogP contribution in [0.3, 0.4) is 0 Å². The molecule has 1 aliphatic rings. The summed E-state index contributed by atoms with van der Waals surface area (Å²) in [5.74, 6) is -2.51. The predicted octanol–water partition coefficient (Wildman–Crippen LogP) is -2.19. The van der Waals surface area contributed by atoms with Crippen molar-refractivity contribution >= 4 is 17.8 Å². The number of nitrogens with two attached hydrogens (primary N) is 1. The molecule has 0 radical (unpaired) electrons. The molecule has 2 amide bonds. The molecule has 0 aromatic carbocycles. The van der Waals surface area contributed by atoms with Crippen molar-refractivity contribution in [2.45, 2.75) is 24.9 Å². The Bertz CT molecular complexity index is 327. The number of carboxylic acid groups (broad SMARTS) is 1. The summed E-state index contributed by atoms with van der Waals surface area (Å²) in [7, 11) is 0. The van der Waals surface area contributed by atoms with Gasteiger partial charge in [0.2, 0.25) is 11.8 Å². The van der Waals surface area contributed by atoms with Crippen LogP contribution < -0.4 is 16.4 Å². The van der Waals surface area contributed by atoms with E-state index in [4.69, 9.17) is 15.6 Å². The molecular weight excluding hydrogens is 242 g/mol. The first kappa shape index (κ1) is 14.4. The third-order valence-corrected chi connectivity index (χ3v) is 2.47. The largest absolute Gasteiger partial charge is 0.480 e. The molecule has 1 fully saturated rings. The third-order valence-electron chi connectivity index (χ3n) is 2.47. The second-order valence-corrected chi connectivity index (χ2v) is 4.06. The lowest BCUT2D eigenvalue weighted by Gasteiger charge is -2.23. The molecule has 0 aromatic heterocycles. The molecule has 1 aliphatic heterocycles. The van der Waals surface area contributed by atoms with Crippen molar-refractivity contribution < 1.29 is 24.2 Å². The van der Waals surface area contributed by atoms with Crippen LogP contribution in [0.15, 0.2) is 0 Å². The molecule has 0 bridgehead atoms. The number of primary amides is 1. The number of carbonyl (C=O) groups excluding carboxylic acids is 2. The first-order valence-electron chi connectivity index (χ1n) is 5.60. The van der Waals surface area contributed by atoms with E-state index in [1.807, 2.05) is 0 Å². The van der Waals surface area contributed by atoms with Gasteiger partial charge < -0.3 is 26.2 Å². The molecule has 0 spiro atoms. The molecule has 0 saturated carbocycles. The van der Waals surface area contributed by atoms with E-state index >= 15 is 0 Å². The zero-order chi connectivity index (χ0) is 13.5. The minimum absolute atomic E-state index is 0.0997. The molecule has 0 aliphatic carbocycles. The fourth-order valence-corrected chi connectivity index (χ4v) is 1.63. The maximum absolute atomic E-state index is 11.6. The molecule has 8 heteroatoms. The normalized spacial score (nSPS) is 21.0. The molecule has 1 heterocycles. The van der Waals surface area contributed by atoms with E-state index in [1.54, 1.807) is 0 Å². The van der Waals surface area contributed by atoms with E-state index in [2.05, 4.69) is 10.6 Å². The predicted molar refractivity (Wildman–Crippen MR) is 60.6 cm³/mol. The number of carbonyl (C=O) groups is 3. The average Bonchev–Trinajstić information content (AvgIpc) is 2.28. The molecule has 5 N–H and O–H groups in total. The minimum Gasteiger partial charge on any atom is -0.480 e. The van der Waals surface area contributed by atoms with Crippen LogP contribution in [0.25, 0.3) is 0 Å². The molecule has 18 heavy (non-hydrogen) atoms. The smallest absolute Gasteiger partial charge is 0.326 e. The standard InChI is InChI=1S/C10H17N3O5/c11-8(14)4-7(10(16)17)13-9(15)3-6-5-18-2-1-12-6/h6-7,12H,1-5H2,(H2,11,14)(H,13,15)(H,16,17). The van der Waals surface area contributed by atoms with Gasteiger partial charge >= 0.3 is 5.97 Å².